The maximum atomic E-state index is 13.6. The smallest absolute Gasteiger partial charge is 0.180 e. The van der Waals surface area contributed by atoms with Gasteiger partial charge in [-0.05, 0) is 17.5 Å². The molecule has 1 N–H and O–H groups in total. The standard InChI is InChI=1S/C11H13FN2O/c1-6(2)7-4-9(12)11(15-3)10-8(7)5-13-14-10/h4-6H,1-3H3,(H,13,14). The first-order valence-corrected chi connectivity index (χ1v) is 4.84. The van der Waals surface area contributed by atoms with Crippen LogP contribution in [0.25, 0.3) is 10.9 Å². The van der Waals surface area contributed by atoms with E-state index in [2.05, 4.69) is 10.2 Å². The van der Waals surface area contributed by atoms with E-state index in [0.717, 1.165) is 10.9 Å². The summed E-state index contributed by atoms with van der Waals surface area (Å²) in [6, 6.07) is 1.52. The molecule has 0 atom stereocenters. The number of nitrogens with one attached hydrogen (secondary N) is 1. The molecule has 1 heterocycles. The van der Waals surface area contributed by atoms with Gasteiger partial charge in [-0.15, -0.1) is 0 Å². The van der Waals surface area contributed by atoms with Gasteiger partial charge in [0.05, 0.1) is 13.3 Å². The number of benzene rings is 1. The van der Waals surface area contributed by atoms with Crippen LogP contribution < -0.4 is 4.74 Å². The molecule has 15 heavy (non-hydrogen) atoms. The molecule has 2 rings (SSSR count). The molecule has 80 valence electrons. The fraction of sp³-hybridized carbons (Fsp3) is 0.364. The van der Waals surface area contributed by atoms with E-state index in [4.69, 9.17) is 4.74 Å². The molecule has 0 aliphatic carbocycles. The van der Waals surface area contributed by atoms with Crippen molar-refractivity contribution in [3.8, 4) is 5.75 Å². The molecule has 1 aromatic carbocycles. The van der Waals surface area contributed by atoms with Crippen molar-refractivity contribution in [3.05, 3.63) is 23.6 Å². The highest BCUT2D eigenvalue weighted by molar-refractivity contribution is 5.87. The summed E-state index contributed by atoms with van der Waals surface area (Å²) in [7, 11) is 1.45. The van der Waals surface area contributed by atoms with E-state index in [-0.39, 0.29) is 17.5 Å². The molecule has 4 heteroatoms. The highest BCUT2D eigenvalue weighted by Gasteiger charge is 2.15. The fourth-order valence-corrected chi connectivity index (χ4v) is 1.75. The molecule has 0 fully saturated rings. The summed E-state index contributed by atoms with van der Waals surface area (Å²) < 4.78 is 18.7. The zero-order valence-corrected chi connectivity index (χ0v) is 8.97. The maximum absolute atomic E-state index is 13.6. The van der Waals surface area contributed by atoms with Crippen molar-refractivity contribution in [1.29, 1.82) is 0 Å². The fourth-order valence-electron chi connectivity index (χ4n) is 1.75. The average Bonchev–Trinajstić information content (AvgIpc) is 2.64. The second kappa shape index (κ2) is 3.53. The minimum atomic E-state index is -0.349. The maximum Gasteiger partial charge on any atom is 0.180 e. The quantitative estimate of drug-likeness (QED) is 0.824. The number of aromatic nitrogens is 2. The van der Waals surface area contributed by atoms with Gasteiger partial charge in [0.25, 0.3) is 0 Å². The van der Waals surface area contributed by atoms with Gasteiger partial charge in [-0.1, -0.05) is 13.8 Å². The lowest BCUT2D eigenvalue weighted by Crippen LogP contribution is -1.95. The molecule has 0 saturated heterocycles. The normalized spacial score (nSPS) is 11.3. The van der Waals surface area contributed by atoms with Crippen molar-refractivity contribution in [3.63, 3.8) is 0 Å². The number of hydrogen-bond acceptors (Lipinski definition) is 2. The Kier molecular flexibility index (Phi) is 2.34. The lowest BCUT2D eigenvalue weighted by Gasteiger charge is -2.10. The molecule has 0 radical (unpaired) electrons. The van der Waals surface area contributed by atoms with Crippen LogP contribution in [-0.2, 0) is 0 Å². The van der Waals surface area contributed by atoms with Crippen LogP contribution in [0.3, 0.4) is 0 Å². The third kappa shape index (κ3) is 1.46. The lowest BCUT2D eigenvalue weighted by atomic mass is 9.99. The first-order valence-electron chi connectivity index (χ1n) is 4.84. The molecule has 0 spiro atoms. The molecule has 0 amide bonds. The number of hydrogen-bond donors (Lipinski definition) is 1. The average molecular weight is 208 g/mol. The van der Waals surface area contributed by atoms with E-state index in [9.17, 15) is 4.39 Å². The van der Waals surface area contributed by atoms with Crippen molar-refractivity contribution in [2.45, 2.75) is 19.8 Å². The van der Waals surface area contributed by atoms with E-state index in [1.54, 1.807) is 6.20 Å². The predicted molar refractivity (Wildman–Crippen MR) is 56.7 cm³/mol. The molecule has 0 aliphatic heterocycles. The number of H-pyrrole nitrogens is 1. The predicted octanol–water partition coefficient (Wildman–Crippen LogP) is 2.83. The summed E-state index contributed by atoms with van der Waals surface area (Å²) in [4.78, 5) is 0. The molecule has 2 aromatic rings. The second-order valence-electron chi connectivity index (χ2n) is 3.79. The number of halogens is 1. The van der Waals surface area contributed by atoms with Gasteiger partial charge in [-0.2, -0.15) is 5.10 Å². The van der Waals surface area contributed by atoms with Gasteiger partial charge >= 0.3 is 0 Å². The number of fused-ring (bicyclic) bond motifs is 1. The molecule has 0 bridgehead atoms. The monoisotopic (exact) mass is 208 g/mol. The number of ether oxygens (including phenoxy) is 1. The molecule has 3 nitrogen and oxygen atoms in total. The van der Waals surface area contributed by atoms with E-state index in [0.29, 0.717) is 5.52 Å². The van der Waals surface area contributed by atoms with Crippen molar-refractivity contribution >= 4 is 10.9 Å². The first kappa shape index (κ1) is 9.96. The molecule has 1 aromatic heterocycles. The van der Waals surface area contributed by atoms with Gasteiger partial charge in [0.15, 0.2) is 11.6 Å². The van der Waals surface area contributed by atoms with Gasteiger partial charge in [0.1, 0.15) is 5.52 Å². The summed E-state index contributed by atoms with van der Waals surface area (Å²) in [5.74, 6) is 0.135. The second-order valence-corrected chi connectivity index (χ2v) is 3.79. The number of nitrogens with zero attached hydrogens (tertiary/aromatic N) is 1. The van der Waals surface area contributed by atoms with Crippen molar-refractivity contribution in [1.82, 2.24) is 10.2 Å². The van der Waals surface area contributed by atoms with Crippen molar-refractivity contribution in [2.24, 2.45) is 0 Å². The molecular weight excluding hydrogens is 195 g/mol. The molecule has 0 saturated carbocycles. The van der Waals surface area contributed by atoms with Gasteiger partial charge in [-0.3, -0.25) is 5.10 Å². The first-order chi connectivity index (χ1) is 7.15. The lowest BCUT2D eigenvalue weighted by molar-refractivity contribution is 0.390. The minimum Gasteiger partial charge on any atom is -0.492 e. The molecule has 0 aliphatic rings. The Labute approximate surface area is 87.2 Å². The summed E-state index contributed by atoms with van der Waals surface area (Å²) in [5, 5.41) is 7.60. The van der Waals surface area contributed by atoms with Gasteiger partial charge < -0.3 is 4.74 Å². The van der Waals surface area contributed by atoms with Gasteiger partial charge in [0.2, 0.25) is 0 Å². The molecule has 0 unspecified atom stereocenters. The van der Waals surface area contributed by atoms with Crippen molar-refractivity contribution < 1.29 is 9.13 Å². The number of rotatable bonds is 2. The van der Waals surface area contributed by atoms with Crippen LogP contribution in [0, 0.1) is 5.82 Å². The van der Waals surface area contributed by atoms with Crippen LogP contribution in [-0.4, -0.2) is 17.3 Å². The summed E-state index contributed by atoms with van der Waals surface area (Å²) in [6.07, 6.45) is 1.70. The topological polar surface area (TPSA) is 37.9 Å². The van der Waals surface area contributed by atoms with Crippen LogP contribution in [0.5, 0.6) is 5.75 Å². The van der Waals surface area contributed by atoms with Crippen molar-refractivity contribution in [2.75, 3.05) is 7.11 Å². The largest absolute Gasteiger partial charge is 0.492 e. The van der Waals surface area contributed by atoms with Gasteiger partial charge in [0, 0.05) is 5.39 Å². The zero-order chi connectivity index (χ0) is 11.0. The van der Waals surface area contributed by atoms with E-state index >= 15 is 0 Å². The summed E-state index contributed by atoms with van der Waals surface area (Å²) >= 11 is 0. The Hall–Kier alpha value is -1.58. The Morgan fingerprint density at radius 3 is 2.80 bits per heavy atom. The third-order valence-electron chi connectivity index (χ3n) is 2.50. The van der Waals surface area contributed by atoms with E-state index in [1.807, 2.05) is 13.8 Å². The van der Waals surface area contributed by atoms with Crippen LogP contribution in [0.15, 0.2) is 12.3 Å². The third-order valence-corrected chi connectivity index (χ3v) is 2.50. The van der Waals surface area contributed by atoms with E-state index in [1.165, 1.54) is 13.2 Å². The van der Waals surface area contributed by atoms with Crippen LogP contribution in [0.1, 0.15) is 25.3 Å². The summed E-state index contributed by atoms with van der Waals surface area (Å²) in [6.45, 7) is 4.04. The van der Waals surface area contributed by atoms with Gasteiger partial charge in [-0.25, -0.2) is 4.39 Å². The Morgan fingerprint density at radius 2 is 2.20 bits per heavy atom. The number of aromatic amines is 1. The zero-order valence-electron chi connectivity index (χ0n) is 8.97. The van der Waals surface area contributed by atoms with Crippen LogP contribution in [0.4, 0.5) is 4.39 Å². The Morgan fingerprint density at radius 1 is 1.47 bits per heavy atom. The molecular formula is C11H13FN2O. The Balaban J connectivity index is 2.80. The SMILES string of the molecule is COc1c(F)cc(C(C)C)c2cn[nH]c12. The van der Waals surface area contributed by atoms with Crippen LogP contribution >= 0.6 is 0 Å². The van der Waals surface area contributed by atoms with E-state index < -0.39 is 0 Å². The van der Waals surface area contributed by atoms with Crippen LogP contribution in [0.2, 0.25) is 0 Å². The highest BCUT2D eigenvalue weighted by Crippen LogP contribution is 2.33. The summed E-state index contributed by atoms with van der Waals surface area (Å²) in [5.41, 5.74) is 1.57. The highest BCUT2D eigenvalue weighted by atomic mass is 19.1. The minimum absolute atomic E-state index is 0.229. The Bertz CT molecular complexity index is 491. The number of methoxy groups -OCH3 is 1.